The second-order valence-corrected chi connectivity index (χ2v) is 4.92. The van der Waals surface area contributed by atoms with Crippen LogP contribution in [0.1, 0.15) is 34.1 Å². The van der Waals surface area contributed by atoms with Crippen LogP contribution >= 0.6 is 0 Å². The van der Waals surface area contributed by atoms with E-state index in [4.69, 9.17) is 0 Å². The lowest BCUT2D eigenvalue weighted by atomic mass is 9.71. The first kappa shape index (κ1) is 10.8. The van der Waals surface area contributed by atoms with E-state index in [2.05, 4.69) is 33.8 Å². The van der Waals surface area contributed by atoms with E-state index in [1.807, 2.05) is 6.08 Å². The molecule has 0 aromatic rings. The summed E-state index contributed by atoms with van der Waals surface area (Å²) < 4.78 is 0. The molecule has 1 N–H and O–H groups in total. The van der Waals surface area contributed by atoms with Crippen LogP contribution in [-0.2, 0) is 0 Å². The number of hydrogen-bond acceptors (Lipinski definition) is 1. The Labute approximate surface area is 81.9 Å². The van der Waals surface area contributed by atoms with Gasteiger partial charge in [0, 0.05) is 0 Å². The standard InChI is InChI=1S/C12H22O/c1-8(2)11-6-5-10(13)7-12(11)9(3)4/h5-6,8-13H,7H2,1-4H3. The summed E-state index contributed by atoms with van der Waals surface area (Å²) in [7, 11) is 0. The van der Waals surface area contributed by atoms with Gasteiger partial charge in [0.25, 0.3) is 0 Å². The first-order valence-corrected chi connectivity index (χ1v) is 5.38. The van der Waals surface area contributed by atoms with Crippen LogP contribution in [0.5, 0.6) is 0 Å². The molecule has 1 heteroatoms. The minimum atomic E-state index is -0.206. The zero-order chi connectivity index (χ0) is 10.0. The molecule has 0 saturated carbocycles. The van der Waals surface area contributed by atoms with Gasteiger partial charge in [-0.2, -0.15) is 0 Å². The lowest BCUT2D eigenvalue weighted by molar-refractivity contribution is 0.119. The molecule has 3 unspecified atom stereocenters. The average Bonchev–Trinajstić information content (AvgIpc) is 2.03. The van der Waals surface area contributed by atoms with E-state index in [-0.39, 0.29) is 6.10 Å². The van der Waals surface area contributed by atoms with Crippen molar-refractivity contribution in [2.75, 3.05) is 0 Å². The fourth-order valence-corrected chi connectivity index (χ4v) is 2.35. The summed E-state index contributed by atoms with van der Waals surface area (Å²) in [6, 6.07) is 0. The Morgan fingerprint density at radius 2 is 1.69 bits per heavy atom. The molecule has 0 saturated heterocycles. The van der Waals surface area contributed by atoms with Crippen molar-refractivity contribution in [3.05, 3.63) is 12.2 Å². The van der Waals surface area contributed by atoms with Gasteiger partial charge in [0.1, 0.15) is 0 Å². The van der Waals surface area contributed by atoms with E-state index in [1.165, 1.54) is 0 Å². The predicted molar refractivity (Wildman–Crippen MR) is 56.4 cm³/mol. The molecule has 0 heterocycles. The van der Waals surface area contributed by atoms with Crippen LogP contribution in [0.25, 0.3) is 0 Å². The topological polar surface area (TPSA) is 20.2 Å². The SMILES string of the molecule is CC(C)C1C=CC(O)CC1C(C)C. The molecular formula is C12H22O. The fraction of sp³-hybridized carbons (Fsp3) is 0.833. The van der Waals surface area contributed by atoms with Crippen molar-refractivity contribution >= 4 is 0 Å². The zero-order valence-electron chi connectivity index (χ0n) is 9.20. The molecule has 3 atom stereocenters. The molecule has 0 aromatic heterocycles. The van der Waals surface area contributed by atoms with Crippen molar-refractivity contribution in [1.82, 2.24) is 0 Å². The van der Waals surface area contributed by atoms with Crippen LogP contribution in [0.3, 0.4) is 0 Å². The van der Waals surface area contributed by atoms with E-state index >= 15 is 0 Å². The van der Waals surface area contributed by atoms with Crippen LogP contribution in [-0.4, -0.2) is 11.2 Å². The van der Waals surface area contributed by atoms with Crippen molar-refractivity contribution in [3.8, 4) is 0 Å². The highest BCUT2D eigenvalue weighted by Gasteiger charge is 2.29. The number of hydrogen-bond donors (Lipinski definition) is 1. The molecule has 0 spiro atoms. The van der Waals surface area contributed by atoms with Crippen molar-refractivity contribution in [2.24, 2.45) is 23.7 Å². The van der Waals surface area contributed by atoms with Gasteiger partial charge in [0.15, 0.2) is 0 Å². The molecule has 0 aliphatic heterocycles. The lowest BCUT2D eigenvalue weighted by Gasteiger charge is -2.35. The molecule has 1 aliphatic carbocycles. The third-order valence-corrected chi connectivity index (χ3v) is 3.19. The quantitative estimate of drug-likeness (QED) is 0.651. The lowest BCUT2D eigenvalue weighted by Crippen LogP contribution is -2.30. The van der Waals surface area contributed by atoms with Crippen molar-refractivity contribution in [2.45, 2.75) is 40.2 Å². The second kappa shape index (κ2) is 4.28. The van der Waals surface area contributed by atoms with E-state index in [9.17, 15) is 5.11 Å². The van der Waals surface area contributed by atoms with Gasteiger partial charge in [-0.1, -0.05) is 39.8 Å². The van der Waals surface area contributed by atoms with Crippen LogP contribution < -0.4 is 0 Å². The molecule has 1 nitrogen and oxygen atoms in total. The van der Waals surface area contributed by atoms with Gasteiger partial charge >= 0.3 is 0 Å². The molecule has 1 rings (SSSR count). The number of aliphatic hydroxyl groups is 1. The maximum absolute atomic E-state index is 9.54. The Balaban J connectivity index is 2.73. The minimum Gasteiger partial charge on any atom is -0.389 e. The third kappa shape index (κ3) is 2.57. The molecule has 0 bridgehead atoms. The molecule has 0 aromatic carbocycles. The van der Waals surface area contributed by atoms with E-state index in [0.29, 0.717) is 23.7 Å². The third-order valence-electron chi connectivity index (χ3n) is 3.19. The monoisotopic (exact) mass is 182 g/mol. The van der Waals surface area contributed by atoms with Crippen molar-refractivity contribution < 1.29 is 5.11 Å². The number of allylic oxidation sites excluding steroid dienone is 1. The second-order valence-electron chi connectivity index (χ2n) is 4.92. The van der Waals surface area contributed by atoms with Crippen LogP contribution in [0.4, 0.5) is 0 Å². The largest absolute Gasteiger partial charge is 0.389 e. The highest BCUT2D eigenvalue weighted by Crippen LogP contribution is 2.35. The molecule has 0 amide bonds. The van der Waals surface area contributed by atoms with E-state index in [0.717, 1.165) is 6.42 Å². The fourth-order valence-electron chi connectivity index (χ4n) is 2.35. The van der Waals surface area contributed by atoms with Crippen molar-refractivity contribution in [1.29, 1.82) is 0 Å². The highest BCUT2D eigenvalue weighted by atomic mass is 16.3. The Bertz CT molecular complexity index is 182. The van der Waals surface area contributed by atoms with Gasteiger partial charge in [0.05, 0.1) is 6.10 Å². The summed E-state index contributed by atoms with van der Waals surface area (Å²) in [6.45, 7) is 9.04. The normalized spacial score (nSPS) is 34.5. The molecule has 13 heavy (non-hydrogen) atoms. The summed E-state index contributed by atoms with van der Waals surface area (Å²) in [5.74, 6) is 2.67. The number of aliphatic hydroxyl groups excluding tert-OH is 1. The van der Waals surface area contributed by atoms with Gasteiger partial charge < -0.3 is 5.11 Å². The number of rotatable bonds is 2. The van der Waals surface area contributed by atoms with Gasteiger partial charge in [-0.15, -0.1) is 0 Å². The Hall–Kier alpha value is -0.300. The molecule has 1 aliphatic rings. The Morgan fingerprint density at radius 3 is 2.15 bits per heavy atom. The molecule has 0 radical (unpaired) electrons. The smallest absolute Gasteiger partial charge is 0.0724 e. The van der Waals surface area contributed by atoms with Gasteiger partial charge in [-0.25, -0.2) is 0 Å². The molecule has 76 valence electrons. The van der Waals surface area contributed by atoms with Gasteiger partial charge in [-0.05, 0) is 30.1 Å². The summed E-state index contributed by atoms with van der Waals surface area (Å²) in [6.07, 6.45) is 4.91. The molecular weight excluding hydrogens is 160 g/mol. The van der Waals surface area contributed by atoms with Crippen LogP contribution in [0.2, 0.25) is 0 Å². The van der Waals surface area contributed by atoms with Gasteiger partial charge in [0.2, 0.25) is 0 Å². The Morgan fingerprint density at radius 1 is 1.08 bits per heavy atom. The highest BCUT2D eigenvalue weighted by molar-refractivity contribution is 5.03. The maximum atomic E-state index is 9.54. The van der Waals surface area contributed by atoms with Crippen LogP contribution in [0, 0.1) is 23.7 Å². The zero-order valence-corrected chi connectivity index (χ0v) is 9.20. The first-order chi connectivity index (χ1) is 6.02. The van der Waals surface area contributed by atoms with Crippen molar-refractivity contribution in [3.63, 3.8) is 0 Å². The first-order valence-electron chi connectivity index (χ1n) is 5.38. The van der Waals surface area contributed by atoms with Crippen LogP contribution in [0.15, 0.2) is 12.2 Å². The Kier molecular flexibility index (Phi) is 3.55. The molecule has 0 fully saturated rings. The minimum absolute atomic E-state index is 0.206. The summed E-state index contributed by atoms with van der Waals surface area (Å²) >= 11 is 0. The summed E-state index contributed by atoms with van der Waals surface area (Å²) in [5, 5.41) is 9.54. The summed E-state index contributed by atoms with van der Waals surface area (Å²) in [4.78, 5) is 0. The van der Waals surface area contributed by atoms with E-state index < -0.39 is 0 Å². The summed E-state index contributed by atoms with van der Waals surface area (Å²) in [5.41, 5.74) is 0. The maximum Gasteiger partial charge on any atom is 0.0724 e. The van der Waals surface area contributed by atoms with Gasteiger partial charge in [-0.3, -0.25) is 0 Å². The predicted octanol–water partition coefficient (Wildman–Crippen LogP) is 2.85. The van der Waals surface area contributed by atoms with E-state index in [1.54, 1.807) is 0 Å². The average molecular weight is 182 g/mol.